The van der Waals surface area contributed by atoms with Crippen molar-refractivity contribution in [2.45, 2.75) is 20.4 Å². The molecule has 1 aromatic heterocycles. The van der Waals surface area contributed by atoms with Crippen LogP contribution in [0.2, 0.25) is 0 Å². The lowest BCUT2D eigenvalue weighted by Crippen LogP contribution is -2.17. The fraction of sp³-hybridized carbons (Fsp3) is 0.167. The van der Waals surface area contributed by atoms with Gasteiger partial charge in [-0.05, 0) is 43.7 Å². The summed E-state index contributed by atoms with van der Waals surface area (Å²) in [6, 6.07) is 11.3. The van der Waals surface area contributed by atoms with Crippen LogP contribution in [0.5, 0.6) is 0 Å². The standard InChI is InChI=1S/C18H15N5O3/c1-3-22-16-7-4-12(10-19)9-15(16)20-18(22)21-17(24)14-6-5-13(23(25)26)8-11(14)2/h4-9H,3H2,1-2H3,(H,20,21,24). The number of nitro benzene ring substituents is 1. The maximum absolute atomic E-state index is 12.6. The molecule has 0 radical (unpaired) electrons. The fourth-order valence-corrected chi connectivity index (χ4v) is 2.80. The van der Waals surface area contributed by atoms with E-state index in [1.54, 1.807) is 25.1 Å². The average Bonchev–Trinajstić information content (AvgIpc) is 2.97. The van der Waals surface area contributed by atoms with E-state index in [0.717, 1.165) is 5.52 Å². The molecular weight excluding hydrogens is 334 g/mol. The molecule has 0 saturated heterocycles. The molecule has 0 spiro atoms. The van der Waals surface area contributed by atoms with Gasteiger partial charge in [0.15, 0.2) is 0 Å². The minimum absolute atomic E-state index is 0.0659. The topological polar surface area (TPSA) is 114 Å². The summed E-state index contributed by atoms with van der Waals surface area (Å²) in [4.78, 5) is 27.3. The van der Waals surface area contributed by atoms with E-state index in [9.17, 15) is 14.9 Å². The largest absolute Gasteiger partial charge is 0.310 e. The fourth-order valence-electron chi connectivity index (χ4n) is 2.80. The molecule has 26 heavy (non-hydrogen) atoms. The van der Waals surface area contributed by atoms with Crippen molar-refractivity contribution >= 4 is 28.6 Å². The third-order valence-corrected chi connectivity index (χ3v) is 4.08. The normalized spacial score (nSPS) is 10.5. The Morgan fingerprint density at radius 1 is 1.35 bits per heavy atom. The SMILES string of the molecule is CCn1c(NC(=O)c2ccc([N+](=O)[O-])cc2C)nc2cc(C#N)ccc21. The highest BCUT2D eigenvalue weighted by molar-refractivity contribution is 6.05. The summed E-state index contributed by atoms with van der Waals surface area (Å²) in [6.07, 6.45) is 0. The highest BCUT2D eigenvalue weighted by Gasteiger charge is 2.17. The number of hydrogen-bond acceptors (Lipinski definition) is 5. The van der Waals surface area contributed by atoms with Crippen molar-refractivity contribution in [3.63, 3.8) is 0 Å². The summed E-state index contributed by atoms with van der Waals surface area (Å²) < 4.78 is 1.83. The van der Waals surface area contributed by atoms with Crippen molar-refractivity contribution in [2.24, 2.45) is 0 Å². The molecular formula is C18H15N5O3. The Morgan fingerprint density at radius 3 is 2.73 bits per heavy atom. The van der Waals surface area contributed by atoms with E-state index in [2.05, 4.69) is 16.4 Å². The van der Waals surface area contributed by atoms with E-state index < -0.39 is 10.8 Å². The van der Waals surface area contributed by atoms with Crippen LogP contribution in [-0.2, 0) is 6.54 Å². The van der Waals surface area contributed by atoms with Crippen LogP contribution >= 0.6 is 0 Å². The first-order valence-corrected chi connectivity index (χ1v) is 7.91. The number of benzene rings is 2. The number of imidazole rings is 1. The van der Waals surface area contributed by atoms with Crippen LogP contribution in [0.3, 0.4) is 0 Å². The van der Waals surface area contributed by atoms with Crippen LogP contribution in [0.15, 0.2) is 36.4 Å². The monoisotopic (exact) mass is 349 g/mol. The van der Waals surface area contributed by atoms with Crippen molar-refractivity contribution in [3.8, 4) is 6.07 Å². The number of carbonyl (C=O) groups excluding carboxylic acids is 1. The zero-order chi connectivity index (χ0) is 18.8. The van der Waals surface area contributed by atoms with Gasteiger partial charge in [0, 0.05) is 24.2 Å². The van der Waals surface area contributed by atoms with Gasteiger partial charge in [-0.15, -0.1) is 0 Å². The Labute approximate surface area is 148 Å². The van der Waals surface area contributed by atoms with E-state index in [4.69, 9.17) is 5.26 Å². The number of aryl methyl sites for hydroxylation is 2. The number of nitrogens with one attached hydrogen (secondary N) is 1. The van der Waals surface area contributed by atoms with Crippen LogP contribution in [-0.4, -0.2) is 20.4 Å². The molecule has 130 valence electrons. The third kappa shape index (κ3) is 2.98. The Kier molecular flexibility index (Phi) is 4.37. The van der Waals surface area contributed by atoms with Crippen LogP contribution in [0, 0.1) is 28.4 Å². The van der Waals surface area contributed by atoms with Gasteiger partial charge < -0.3 is 4.57 Å². The molecule has 1 amide bonds. The van der Waals surface area contributed by atoms with Crippen LogP contribution in [0.1, 0.15) is 28.4 Å². The number of anilines is 1. The molecule has 1 N–H and O–H groups in total. The number of amides is 1. The maximum atomic E-state index is 12.6. The predicted octanol–water partition coefficient (Wildman–Crippen LogP) is 3.40. The molecule has 0 atom stereocenters. The molecule has 0 aliphatic carbocycles. The third-order valence-electron chi connectivity index (χ3n) is 4.08. The zero-order valence-corrected chi connectivity index (χ0v) is 14.2. The molecule has 0 unspecified atom stereocenters. The Morgan fingerprint density at radius 2 is 2.12 bits per heavy atom. The van der Waals surface area contributed by atoms with E-state index in [-0.39, 0.29) is 5.69 Å². The van der Waals surface area contributed by atoms with Crippen molar-refractivity contribution in [3.05, 3.63) is 63.2 Å². The lowest BCUT2D eigenvalue weighted by atomic mass is 10.1. The Hall–Kier alpha value is -3.73. The van der Waals surface area contributed by atoms with Crippen LogP contribution in [0.25, 0.3) is 11.0 Å². The number of carbonyl (C=O) groups is 1. The molecule has 0 bridgehead atoms. The maximum Gasteiger partial charge on any atom is 0.269 e. The minimum Gasteiger partial charge on any atom is -0.310 e. The molecule has 0 aliphatic rings. The van der Waals surface area contributed by atoms with Crippen molar-refractivity contribution in [2.75, 3.05) is 5.32 Å². The average molecular weight is 349 g/mol. The van der Waals surface area contributed by atoms with Gasteiger partial charge >= 0.3 is 0 Å². The highest BCUT2D eigenvalue weighted by Crippen LogP contribution is 2.23. The van der Waals surface area contributed by atoms with E-state index in [1.807, 2.05) is 11.5 Å². The lowest BCUT2D eigenvalue weighted by molar-refractivity contribution is -0.384. The number of rotatable bonds is 4. The minimum atomic E-state index is -0.502. The van der Waals surface area contributed by atoms with E-state index in [1.165, 1.54) is 18.2 Å². The first kappa shape index (κ1) is 17.1. The summed E-state index contributed by atoms with van der Waals surface area (Å²) in [5, 5.41) is 22.6. The molecule has 1 heterocycles. The molecule has 8 heteroatoms. The number of aromatic nitrogens is 2. The summed E-state index contributed by atoms with van der Waals surface area (Å²) >= 11 is 0. The second-order valence-electron chi connectivity index (χ2n) is 5.71. The smallest absolute Gasteiger partial charge is 0.269 e. The summed E-state index contributed by atoms with van der Waals surface area (Å²) in [5.74, 6) is -0.0387. The van der Waals surface area contributed by atoms with Crippen LogP contribution < -0.4 is 5.32 Å². The second-order valence-corrected chi connectivity index (χ2v) is 5.71. The van der Waals surface area contributed by atoms with Gasteiger partial charge in [-0.1, -0.05) is 0 Å². The molecule has 2 aromatic carbocycles. The first-order valence-electron chi connectivity index (χ1n) is 7.91. The first-order chi connectivity index (χ1) is 12.4. The molecule has 3 rings (SSSR count). The molecule has 8 nitrogen and oxygen atoms in total. The van der Waals surface area contributed by atoms with Gasteiger partial charge in [0.05, 0.1) is 27.6 Å². The van der Waals surface area contributed by atoms with Gasteiger partial charge in [0.25, 0.3) is 11.6 Å². The quantitative estimate of drug-likeness (QED) is 0.573. The van der Waals surface area contributed by atoms with Gasteiger partial charge in [0.1, 0.15) is 0 Å². The number of non-ortho nitro benzene ring substituents is 1. The van der Waals surface area contributed by atoms with E-state index in [0.29, 0.717) is 34.7 Å². The van der Waals surface area contributed by atoms with Gasteiger partial charge in [0.2, 0.25) is 5.95 Å². The zero-order valence-electron chi connectivity index (χ0n) is 14.2. The highest BCUT2D eigenvalue weighted by atomic mass is 16.6. The summed E-state index contributed by atoms with van der Waals surface area (Å²) in [6.45, 7) is 4.15. The molecule has 0 fully saturated rings. The molecule has 0 aliphatic heterocycles. The van der Waals surface area contributed by atoms with Crippen LogP contribution in [0.4, 0.5) is 11.6 Å². The van der Waals surface area contributed by atoms with E-state index >= 15 is 0 Å². The second kappa shape index (κ2) is 6.64. The Balaban J connectivity index is 1.97. The molecule has 0 saturated carbocycles. The predicted molar refractivity (Wildman–Crippen MR) is 95.9 cm³/mol. The van der Waals surface area contributed by atoms with Crippen molar-refractivity contribution in [1.82, 2.24) is 9.55 Å². The summed E-state index contributed by atoms with van der Waals surface area (Å²) in [5.41, 5.74) is 2.68. The summed E-state index contributed by atoms with van der Waals surface area (Å²) in [7, 11) is 0. The number of nitriles is 1. The number of hydrogen-bond donors (Lipinski definition) is 1. The van der Waals surface area contributed by atoms with Crippen molar-refractivity contribution in [1.29, 1.82) is 5.26 Å². The van der Waals surface area contributed by atoms with Gasteiger partial charge in [-0.3, -0.25) is 20.2 Å². The number of nitro groups is 1. The number of nitrogens with zero attached hydrogens (tertiary/aromatic N) is 4. The van der Waals surface area contributed by atoms with Gasteiger partial charge in [-0.2, -0.15) is 5.26 Å². The number of fused-ring (bicyclic) bond motifs is 1. The van der Waals surface area contributed by atoms with Crippen molar-refractivity contribution < 1.29 is 9.72 Å². The molecule has 3 aromatic rings. The Bertz CT molecular complexity index is 1080. The lowest BCUT2D eigenvalue weighted by Gasteiger charge is -2.09. The van der Waals surface area contributed by atoms with Gasteiger partial charge in [-0.25, -0.2) is 4.98 Å².